The number of aromatic nitrogens is 2. The van der Waals surface area contributed by atoms with Crippen LogP contribution < -0.4 is 5.32 Å². The van der Waals surface area contributed by atoms with Crippen LogP contribution in [-0.2, 0) is 11.8 Å². The Bertz CT molecular complexity index is 342. The zero-order valence-corrected chi connectivity index (χ0v) is 10.4. The van der Waals surface area contributed by atoms with E-state index < -0.39 is 0 Å². The molecule has 0 spiro atoms. The van der Waals surface area contributed by atoms with Crippen molar-refractivity contribution >= 4 is 0 Å². The van der Waals surface area contributed by atoms with E-state index in [0.717, 1.165) is 26.0 Å². The molecule has 16 heavy (non-hydrogen) atoms. The Labute approximate surface area is 97.0 Å². The highest BCUT2D eigenvalue weighted by Crippen LogP contribution is 2.36. The second kappa shape index (κ2) is 4.55. The minimum absolute atomic E-state index is 0.0934. The SMILES string of the molecule is CCNC(c1ccnn1C)C1(C)CCCO1. The average Bonchev–Trinajstić information content (AvgIpc) is 2.85. The van der Waals surface area contributed by atoms with E-state index in [9.17, 15) is 0 Å². The van der Waals surface area contributed by atoms with E-state index in [1.807, 2.05) is 17.9 Å². The van der Waals surface area contributed by atoms with Gasteiger partial charge in [-0.2, -0.15) is 5.10 Å². The molecule has 0 aliphatic carbocycles. The first-order valence-corrected chi connectivity index (χ1v) is 6.02. The predicted molar refractivity (Wildman–Crippen MR) is 63.2 cm³/mol. The summed E-state index contributed by atoms with van der Waals surface area (Å²) in [6.07, 6.45) is 4.10. The fourth-order valence-corrected chi connectivity index (χ4v) is 2.53. The molecule has 2 unspecified atom stereocenters. The van der Waals surface area contributed by atoms with E-state index in [1.165, 1.54) is 5.69 Å². The molecule has 0 amide bonds. The molecule has 2 heterocycles. The molecule has 1 saturated heterocycles. The minimum Gasteiger partial charge on any atom is -0.373 e. The molecule has 2 atom stereocenters. The van der Waals surface area contributed by atoms with Crippen molar-refractivity contribution in [1.29, 1.82) is 0 Å². The normalized spacial score (nSPS) is 27.2. The Morgan fingerprint density at radius 2 is 2.50 bits per heavy atom. The first-order chi connectivity index (χ1) is 7.67. The van der Waals surface area contributed by atoms with Crippen molar-refractivity contribution < 1.29 is 4.74 Å². The fourth-order valence-electron chi connectivity index (χ4n) is 2.53. The van der Waals surface area contributed by atoms with Gasteiger partial charge in [-0.25, -0.2) is 0 Å². The van der Waals surface area contributed by atoms with Gasteiger partial charge < -0.3 is 10.1 Å². The summed E-state index contributed by atoms with van der Waals surface area (Å²) in [5, 5.41) is 7.77. The lowest BCUT2D eigenvalue weighted by Gasteiger charge is -2.33. The van der Waals surface area contributed by atoms with Crippen molar-refractivity contribution in [3.05, 3.63) is 18.0 Å². The molecule has 1 fully saturated rings. The first kappa shape index (κ1) is 11.6. The number of likely N-dealkylation sites (N-methyl/N-ethyl adjacent to an activating group) is 1. The number of nitrogens with one attached hydrogen (secondary N) is 1. The molecule has 4 heteroatoms. The van der Waals surface area contributed by atoms with Crippen molar-refractivity contribution in [3.63, 3.8) is 0 Å². The molecule has 0 bridgehead atoms. The molecule has 0 radical (unpaired) electrons. The van der Waals surface area contributed by atoms with Crippen molar-refractivity contribution in [2.24, 2.45) is 7.05 Å². The van der Waals surface area contributed by atoms with E-state index in [1.54, 1.807) is 0 Å². The van der Waals surface area contributed by atoms with Gasteiger partial charge in [0.05, 0.1) is 17.3 Å². The van der Waals surface area contributed by atoms with E-state index in [0.29, 0.717) is 0 Å². The van der Waals surface area contributed by atoms with Gasteiger partial charge in [0.2, 0.25) is 0 Å². The lowest BCUT2D eigenvalue weighted by atomic mass is 9.90. The number of rotatable bonds is 4. The van der Waals surface area contributed by atoms with Crippen LogP contribution in [0.5, 0.6) is 0 Å². The van der Waals surface area contributed by atoms with Crippen LogP contribution in [0.15, 0.2) is 12.3 Å². The van der Waals surface area contributed by atoms with Crippen LogP contribution in [0, 0.1) is 0 Å². The number of hydrogen-bond acceptors (Lipinski definition) is 3. The molecule has 2 rings (SSSR count). The van der Waals surface area contributed by atoms with Crippen molar-refractivity contribution in [2.75, 3.05) is 13.2 Å². The maximum Gasteiger partial charge on any atom is 0.0864 e. The number of nitrogens with zero attached hydrogens (tertiary/aromatic N) is 2. The summed E-state index contributed by atoms with van der Waals surface area (Å²) in [7, 11) is 1.98. The molecule has 1 aromatic rings. The first-order valence-electron chi connectivity index (χ1n) is 6.02. The molecule has 4 nitrogen and oxygen atoms in total. The largest absolute Gasteiger partial charge is 0.373 e. The average molecular weight is 223 g/mol. The molecule has 0 saturated carbocycles. The maximum atomic E-state index is 5.93. The highest BCUT2D eigenvalue weighted by atomic mass is 16.5. The summed E-state index contributed by atoms with van der Waals surface area (Å²) >= 11 is 0. The standard InChI is InChI=1S/C12H21N3O/c1-4-13-11(10-6-8-14-15(10)3)12(2)7-5-9-16-12/h6,8,11,13H,4-5,7,9H2,1-3H3. The van der Waals surface area contributed by atoms with Crippen LogP contribution in [0.2, 0.25) is 0 Å². The molecule has 90 valence electrons. The predicted octanol–water partition coefficient (Wildman–Crippen LogP) is 1.64. The second-order valence-corrected chi connectivity index (χ2v) is 4.64. The zero-order valence-electron chi connectivity index (χ0n) is 10.4. The quantitative estimate of drug-likeness (QED) is 0.843. The van der Waals surface area contributed by atoms with Crippen molar-refractivity contribution in [2.45, 2.75) is 38.3 Å². The third kappa shape index (κ3) is 1.99. The van der Waals surface area contributed by atoms with Crippen molar-refractivity contribution in [1.82, 2.24) is 15.1 Å². The Hall–Kier alpha value is -0.870. The summed E-state index contributed by atoms with van der Waals surface area (Å²) in [6.45, 7) is 6.13. The fraction of sp³-hybridized carbons (Fsp3) is 0.750. The topological polar surface area (TPSA) is 39.1 Å². The second-order valence-electron chi connectivity index (χ2n) is 4.64. The maximum absolute atomic E-state index is 5.93. The summed E-state index contributed by atoms with van der Waals surface area (Å²) in [6, 6.07) is 2.30. The summed E-state index contributed by atoms with van der Waals surface area (Å²) in [5.74, 6) is 0. The van der Waals surface area contributed by atoms with Crippen LogP contribution >= 0.6 is 0 Å². The Balaban J connectivity index is 2.26. The van der Waals surface area contributed by atoms with Gasteiger partial charge in [0, 0.05) is 19.9 Å². The van der Waals surface area contributed by atoms with Gasteiger partial charge in [0.15, 0.2) is 0 Å². The third-order valence-electron chi connectivity index (χ3n) is 3.42. The van der Waals surface area contributed by atoms with E-state index in [-0.39, 0.29) is 11.6 Å². The van der Waals surface area contributed by atoms with Gasteiger partial charge in [0.25, 0.3) is 0 Å². The van der Waals surface area contributed by atoms with E-state index in [2.05, 4.69) is 30.3 Å². The van der Waals surface area contributed by atoms with Crippen LogP contribution in [0.3, 0.4) is 0 Å². The number of aryl methyl sites for hydroxylation is 1. The van der Waals surface area contributed by atoms with Gasteiger partial charge >= 0.3 is 0 Å². The van der Waals surface area contributed by atoms with Gasteiger partial charge in [0.1, 0.15) is 0 Å². The van der Waals surface area contributed by atoms with Crippen LogP contribution in [-0.4, -0.2) is 28.5 Å². The van der Waals surface area contributed by atoms with Gasteiger partial charge in [-0.05, 0) is 32.4 Å². The Morgan fingerprint density at radius 1 is 1.69 bits per heavy atom. The molecule has 1 N–H and O–H groups in total. The summed E-state index contributed by atoms with van der Waals surface area (Å²) < 4.78 is 7.86. The molecule has 0 aromatic carbocycles. The number of hydrogen-bond donors (Lipinski definition) is 1. The molecular weight excluding hydrogens is 202 g/mol. The summed E-state index contributed by atoms with van der Waals surface area (Å²) in [4.78, 5) is 0. The summed E-state index contributed by atoms with van der Waals surface area (Å²) in [5.41, 5.74) is 1.11. The van der Waals surface area contributed by atoms with Gasteiger partial charge in [-0.3, -0.25) is 4.68 Å². The molecular formula is C12H21N3O. The van der Waals surface area contributed by atoms with E-state index >= 15 is 0 Å². The number of ether oxygens (including phenoxy) is 1. The Morgan fingerprint density at radius 3 is 3.00 bits per heavy atom. The smallest absolute Gasteiger partial charge is 0.0864 e. The third-order valence-corrected chi connectivity index (χ3v) is 3.42. The minimum atomic E-state index is -0.0934. The van der Waals surface area contributed by atoms with Crippen LogP contribution in [0.4, 0.5) is 0 Å². The monoisotopic (exact) mass is 223 g/mol. The van der Waals surface area contributed by atoms with Gasteiger partial charge in [-0.1, -0.05) is 6.92 Å². The van der Waals surface area contributed by atoms with Crippen LogP contribution in [0.1, 0.15) is 38.4 Å². The van der Waals surface area contributed by atoms with E-state index in [4.69, 9.17) is 4.74 Å². The highest BCUT2D eigenvalue weighted by molar-refractivity contribution is 5.13. The van der Waals surface area contributed by atoms with Crippen molar-refractivity contribution in [3.8, 4) is 0 Å². The Kier molecular flexibility index (Phi) is 3.30. The zero-order chi connectivity index (χ0) is 11.6. The van der Waals surface area contributed by atoms with Crippen LogP contribution in [0.25, 0.3) is 0 Å². The van der Waals surface area contributed by atoms with Gasteiger partial charge in [-0.15, -0.1) is 0 Å². The lowest BCUT2D eigenvalue weighted by molar-refractivity contribution is -0.0142. The molecule has 1 aromatic heterocycles. The molecule has 1 aliphatic rings. The lowest BCUT2D eigenvalue weighted by Crippen LogP contribution is -2.42. The molecule has 1 aliphatic heterocycles. The highest BCUT2D eigenvalue weighted by Gasteiger charge is 2.40.